The van der Waals surface area contributed by atoms with Gasteiger partial charge in [0.1, 0.15) is 18.2 Å². The van der Waals surface area contributed by atoms with Gasteiger partial charge in [-0.15, -0.1) is 6.58 Å². The molecule has 0 atom stereocenters. The summed E-state index contributed by atoms with van der Waals surface area (Å²) in [5.41, 5.74) is 3.66. The van der Waals surface area contributed by atoms with Crippen LogP contribution in [0.3, 0.4) is 0 Å². The maximum absolute atomic E-state index is 12.8. The van der Waals surface area contributed by atoms with Crippen molar-refractivity contribution in [2.75, 3.05) is 18.7 Å². The number of rotatable bonds is 10. The number of nitriles is 1. The topological polar surface area (TPSA) is 89.8 Å². The Hall–Kier alpha value is -4.41. The monoisotopic (exact) mass is 530 g/mol. The Bertz CT molecular complexity index is 1440. The first kappa shape index (κ1) is 26.6. The highest BCUT2D eigenvalue weighted by Crippen LogP contribution is 2.37. The summed E-state index contributed by atoms with van der Waals surface area (Å²) in [6, 6.07) is 16.4. The van der Waals surface area contributed by atoms with Gasteiger partial charge in [-0.1, -0.05) is 29.8 Å². The number of carbonyl (C=O) groups excluding carboxylic acids is 1. The van der Waals surface area contributed by atoms with Crippen molar-refractivity contribution >= 4 is 29.3 Å². The quantitative estimate of drug-likeness (QED) is 0.180. The summed E-state index contributed by atoms with van der Waals surface area (Å²) in [6.07, 6.45) is 3.76. The Morgan fingerprint density at radius 2 is 1.97 bits per heavy atom. The van der Waals surface area contributed by atoms with Crippen LogP contribution >= 0.6 is 11.6 Å². The van der Waals surface area contributed by atoms with Crippen LogP contribution in [0, 0.1) is 18.3 Å². The molecule has 3 aromatic rings. The molecule has 0 aliphatic carbocycles. The van der Waals surface area contributed by atoms with E-state index in [9.17, 15) is 10.1 Å². The molecule has 0 aromatic heterocycles. The number of nitrogens with one attached hydrogen (secondary N) is 1. The normalized spacial score (nSPS) is 12.0. The van der Waals surface area contributed by atoms with E-state index in [0.717, 1.165) is 16.7 Å². The Morgan fingerprint density at radius 3 is 2.71 bits per heavy atom. The third kappa shape index (κ3) is 6.28. The Morgan fingerprint density at radius 1 is 1.16 bits per heavy atom. The molecule has 194 valence electrons. The molecule has 0 bridgehead atoms. The number of allylic oxidation sites excluding steroid dienone is 1. The molecule has 0 spiro atoms. The van der Waals surface area contributed by atoms with Crippen molar-refractivity contribution in [3.63, 3.8) is 0 Å². The molecular formula is C30H27ClN2O5. The van der Waals surface area contributed by atoms with E-state index in [1.807, 2.05) is 44.2 Å². The molecule has 38 heavy (non-hydrogen) atoms. The van der Waals surface area contributed by atoms with Crippen molar-refractivity contribution in [3.8, 4) is 29.1 Å². The van der Waals surface area contributed by atoms with Crippen molar-refractivity contribution < 1.29 is 23.7 Å². The number of nitrogens with zero attached hydrogens (tertiary/aromatic N) is 1. The molecule has 4 rings (SSSR count). The van der Waals surface area contributed by atoms with E-state index < -0.39 is 5.91 Å². The average Bonchev–Trinajstić information content (AvgIpc) is 3.37. The van der Waals surface area contributed by atoms with Crippen LogP contribution in [-0.2, 0) is 17.8 Å². The van der Waals surface area contributed by atoms with Gasteiger partial charge in [0.25, 0.3) is 5.91 Å². The van der Waals surface area contributed by atoms with Crippen molar-refractivity contribution in [1.82, 2.24) is 0 Å². The number of carbonyl (C=O) groups is 1. The standard InChI is InChI=1S/C30H27ClN2O5/c1-4-6-22-11-21(12-23(16-32)30(34)33-24-9-7-19(3)25(31)15-24)14-28(35-5-2)29(22)36-17-20-8-10-26-27(13-20)38-18-37-26/h4,7-15H,1,5-6,17-18H2,2-3H3,(H,33,34)/b23-12-. The maximum Gasteiger partial charge on any atom is 0.266 e. The van der Waals surface area contributed by atoms with Crippen LogP contribution in [0.2, 0.25) is 5.02 Å². The lowest BCUT2D eigenvalue weighted by molar-refractivity contribution is -0.112. The predicted octanol–water partition coefficient (Wildman–Crippen LogP) is 6.63. The largest absolute Gasteiger partial charge is 0.490 e. The number of hydrogen-bond acceptors (Lipinski definition) is 6. The lowest BCUT2D eigenvalue weighted by Gasteiger charge is -2.17. The molecule has 0 saturated heterocycles. The van der Waals surface area contributed by atoms with Gasteiger partial charge in [0, 0.05) is 16.3 Å². The average molecular weight is 531 g/mol. The fourth-order valence-corrected chi connectivity index (χ4v) is 4.05. The molecule has 7 nitrogen and oxygen atoms in total. The maximum atomic E-state index is 12.8. The summed E-state index contributed by atoms with van der Waals surface area (Å²) in [5.74, 6) is 1.91. The minimum Gasteiger partial charge on any atom is -0.490 e. The van der Waals surface area contributed by atoms with Crippen LogP contribution in [0.15, 0.2) is 66.8 Å². The van der Waals surface area contributed by atoms with Crippen LogP contribution in [0.1, 0.15) is 29.2 Å². The fraction of sp³-hybridized carbons (Fsp3) is 0.200. The Kier molecular flexibility index (Phi) is 8.57. The number of amides is 1. The zero-order valence-corrected chi connectivity index (χ0v) is 21.9. The third-order valence-electron chi connectivity index (χ3n) is 5.74. The van der Waals surface area contributed by atoms with Gasteiger partial charge in [0.2, 0.25) is 6.79 Å². The number of hydrogen-bond donors (Lipinski definition) is 1. The minimum absolute atomic E-state index is 0.0669. The van der Waals surface area contributed by atoms with Gasteiger partial charge in [-0.3, -0.25) is 4.79 Å². The van der Waals surface area contributed by atoms with Gasteiger partial charge in [-0.2, -0.15) is 5.26 Å². The highest BCUT2D eigenvalue weighted by molar-refractivity contribution is 6.31. The van der Waals surface area contributed by atoms with Crippen molar-refractivity contribution in [3.05, 3.63) is 94.0 Å². The van der Waals surface area contributed by atoms with Crippen LogP contribution in [0.25, 0.3) is 6.08 Å². The van der Waals surface area contributed by atoms with Gasteiger partial charge in [-0.25, -0.2) is 0 Å². The second-order valence-electron chi connectivity index (χ2n) is 8.50. The van der Waals surface area contributed by atoms with Crippen molar-refractivity contribution in [2.24, 2.45) is 0 Å². The smallest absolute Gasteiger partial charge is 0.266 e. The number of anilines is 1. The molecule has 1 amide bonds. The second-order valence-corrected chi connectivity index (χ2v) is 8.90. The van der Waals surface area contributed by atoms with E-state index in [-0.39, 0.29) is 19.0 Å². The molecule has 0 radical (unpaired) electrons. The van der Waals surface area contributed by atoms with E-state index in [0.29, 0.717) is 52.3 Å². The Labute approximate surface area is 226 Å². The number of ether oxygens (including phenoxy) is 4. The minimum atomic E-state index is -0.543. The summed E-state index contributed by atoms with van der Waals surface area (Å²) in [6.45, 7) is 8.48. The lowest BCUT2D eigenvalue weighted by atomic mass is 10.0. The number of benzene rings is 3. The number of halogens is 1. The zero-order chi connectivity index (χ0) is 27.1. The van der Waals surface area contributed by atoms with Gasteiger partial charge >= 0.3 is 0 Å². The van der Waals surface area contributed by atoms with Gasteiger partial charge in [0.15, 0.2) is 23.0 Å². The van der Waals surface area contributed by atoms with Gasteiger partial charge in [-0.05, 0) is 79.4 Å². The zero-order valence-electron chi connectivity index (χ0n) is 21.2. The molecule has 3 aromatic carbocycles. The van der Waals surface area contributed by atoms with Crippen LogP contribution < -0.4 is 24.3 Å². The highest BCUT2D eigenvalue weighted by Gasteiger charge is 2.17. The van der Waals surface area contributed by atoms with E-state index in [1.165, 1.54) is 6.08 Å². The lowest BCUT2D eigenvalue weighted by Crippen LogP contribution is -2.13. The highest BCUT2D eigenvalue weighted by atomic mass is 35.5. The molecule has 0 fully saturated rings. The van der Waals surface area contributed by atoms with E-state index in [4.69, 9.17) is 30.5 Å². The predicted molar refractivity (Wildman–Crippen MR) is 147 cm³/mol. The molecule has 1 aliphatic rings. The molecular weight excluding hydrogens is 504 g/mol. The van der Waals surface area contributed by atoms with Gasteiger partial charge < -0.3 is 24.3 Å². The summed E-state index contributed by atoms with van der Waals surface area (Å²) in [5, 5.41) is 13.0. The van der Waals surface area contributed by atoms with E-state index >= 15 is 0 Å². The first-order valence-electron chi connectivity index (χ1n) is 12.0. The van der Waals surface area contributed by atoms with Gasteiger partial charge in [0.05, 0.1) is 6.61 Å². The number of fused-ring (bicyclic) bond motifs is 1. The SMILES string of the molecule is C=CCc1cc(/C=C(/C#N)C(=O)Nc2ccc(C)c(Cl)c2)cc(OCC)c1OCc1ccc2c(c1)OCO2. The fourth-order valence-electron chi connectivity index (χ4n) is 3.87. The summed E-state index contributed by atoms with van der Waals surface area (Å²) >= 11 is 6.16. The van der Waals surface area contributed by atoms with Crippen molar-refractivity contribution in [1.29, 1.82) is 5.26 Å². The molecule has 8 heteroatoms. The van der Waals surface area contributed by atoms with Crippen LogP contribution in [0.5, 0.6) is 23.0 Å². The second kappa shape index (κ2) is 12.2. The summed E-state index contributed by atoms with van der Waals surface area (Å²) in [7, 11) is 0. The third-order valence-corrected chi connectivity index (χ3v) is 6.15. The number of aryl methyl sites for hydroxylation is 1. The molecule has 0 unspecified atom stereocenters. The first-order valence-corrected chi connectivity index (χ1v) is 12.4. The molecule has 1 N–H and O–H groups in total. The molecule has 1 heterocycles. The first-order chi connectivity index (χ1) is 18.4. The van der Waals surface area contributed by atoms with Crippen molar-refractivity contribution in [2.45, 2.75) is 26.9 Å². The Balaban J connectivity index is 1.61. The summed E-state index contributed by atoms with van der Waals surface area (Å²) < 4.78 is 22.9. The molecule has 1 aliphatic heterocycles. The van der Waals surface area contributed by atoms with Crippen LogP contribution in [-0.4, -0.2) is 19.3 Å². The van der Waals surface area contributed by atoms with Crippen LogP contribution in [0.4, 0.5) is 5.69 Å². The van der Waals surface area contributed by atoms with E-state index in [1.54, 1.807) is 30.3 Å². The summed E-state index contributed by atoms with van der Waals surface area (Å²) in [4.78, 5) is 12.8. The van der Waals surface area contributed by atoms with E-state index in [2.05, 4.69) is 11.9 Å². The molecule has 0 saturated carbocycles.